The van der Waals surface area contributed by atoms with Crippen molar-refractivity contribution in [1.29, 1.82) is 0 Å². The lowest BCUT2D eigenvalue weighted by Gasteiger charge is -2.09. The molecule has 5 rings (SSSR count). The van der Waals surface area contributed by atoms with Crippen molar-refractivity contribution in [1.82, 2.24) is 24.3 Å². The predicted octanol–water partition coefficient (Wildman–Crippen LogP) is 4.83. The minimum absolute atomic E-state index is 0.177. The van der Waals surface area contributed by atoms with Crippen molar-refractivity contribution < 1.29 is 4.79 Å². The van der Waals surface area contributed by atoms with Crippen molar-refractivity contribution in [2.45, 2.75) is 59.9 Å². The lowest BCUT2D eigenvalue weighted by Crippen LogP contribution is -2.14. The van der Waals surface area contributed by atoms with Crippen LogP contribution in [0, 0.1) is 27.7 Å². The molecule has 1 N–H and O–H groups in total. The molecule has 0 spiro atoms. The Morgan fingerprint density at radius 3 is 2.56 bits per heavy atom. The van der Waals surface area contributed by atoms with Gasteiger partial charge >= 0.3 is 0 Å². The first-order chi connectivity index (χ1) is 15.4. The molecule has 0 fully saturated rings. The van der Waals surface area contributed by atoms with Gasteiger partial charge in [0.1, 0.15) is 11.3 Å². The molecule has 164 valence electrons. The molecule has 7 heteroatoms. The summed E-state index contributed by atoms with van der Waals surface area (Å²) >= 11 is 0. The number of rotatable bonds is 3. The summed E-state index contributed by atoms with van der Waals surface area (Å²) in [7, 11) is 0. The first-order valence-electron chi connectivity index (χ1n) is 11.2. The van der Waals surface area contributed by atoms with Crippen molar-refractivity contribution in [3.63, 3.8) is 0 Å². The van der Waals surface area contributed by atoms with Crippen LogP contribution in [-0.4, -0.2) is 30.2 Å². The number of nitrogens with zero attached hydrogens (tertiary/aromatic N) is 5. The number of pyridine rings is 1. The van der Waals surface area contributed by atoms with Gasteiger partial charge in [0.05, 0.1) is 28.3 Å². The molecule has 0 aliphatic carbocycles. The van der Waals surface area contributed by atoms with Gasteiger partial charge in [-0.25, -0.2) is 14.6 Å². The summed E-state index contributed by atoms with van der Waals surface area (Å²) in [6.45, 7) is 8.79. The van der Waals surface area contributed by atoms with Gasteiger partial charge in [-0.05, 0) is 58.7 Å². The van der Waals surface area contributed by atoms with Crippen molar-refractivity contribution in [2.24, 2.45) is 0 Å². The van der Waals surface area contributed by atoms with Crippen LogP contribution in [0.3, 0.4) is 0 Å². The van der Waals surface area contributed by atoms with Crippen LogP contribution in [0.2, 0.25) is 0 Å². The average Bonchev–Trinajstić information content (AvgIpc) is 3.13. The molecule has 3 aromatic heterocycles. The van der Waals surface area contributed by atoms with Crippen molar-refractivity contribution in [3.8, 4) is 5.69 Å². The smallest absolute Gasteiger partial charge is 0.258 e. The zero-order chi connectivity index (χ0) is 22.4. The third kappa shape index (κ3) is 3.47. The molecule has 1 aliphatic heterocycles. The molecule has 4 aromatic rings. The van der Waals surface area contributed by atoms with Gasteiger partial charge in [-0.3, -0.25) is 4.79 Å². The number of nitrogens with one attached hydrogen (secondary N) is 1. The minimum Gasteiger partial charge on any atom is -0.319 e. The van der Waals surface area contributed by atoms with Crippen molar-refractivity contribution in [3.05, 3.63) is 64.4 Å². The van der Waals surface area contributed by atoms with Crippen LogP contribution in [0.1, 0.15) is 58.1 Å². The van der Waals surface area contributed by atoms with Gasteiger partial charge in [0, 0.05) is 18.7 Å². The van der Waals surface area contributed by atoms with Crippen LogP contribution >= 0.6 is 0 Å². The second-order valence-corrected chi connectivity index (χ2v) is 8.72. The van der Waals surface area contributed by atoms with Crippen LogP contribution < -0.4 is 5.32 Å². The Kier molecular flexibility index (Phi) is 5.04. The van der Waals surface area contributed by atoms with Crippen LogP contribution in [-0.2, 0) is 13.0 Å². The highest BCUT2D eigenvalue weighted by Gasteiger charge is 2.23. The minimum atomic E-state index is -0.177. The fourth-order valence-corrected chi connectivity index (χ4v) is 4.53. The lowest BCUT2D eigenvalue weighted by atomic mass is 10.1. The number of hydrogen-bond donors (Lipinski definition) is 1. The third-order valence-electron chi connectivity index (χ3n) is 6.25. The highest BCUT2D eigenvalue weighted by molar-refractivity contribution is 6.11. The normalized spacial score (nSPS) is 13.8. The first kappa shape index (κ1) is 20.4. The van der Waals surface area contributed by atoms with Gasteiger partial charge in [0.2, 0.25) is 0 Å². The van der Waals surface area contributed by atoms with E-state index in [0.717, 1.165) is 65.7 Å². The molecule has 1 amide bonds. The summed E-state index contributed by atoms with van der Waals surface area (Å²) in [4.78, 5) is 23.0. The summed E-state index contributed by atoms with van der Waals surface area (Å²) < 4.78 is 4.06. The summed E-state index contributed by atoms with van der Waals surface area (Å²) in [6, 6.07) is 10.0. The van der Waals surface area contributed by atoms with Gasteiger partial charge < -0.3 is 9.88 Å². The van der Waals surface area contributed by atoms with Gasteiger partial charge in [0.15, 0.2) is 5.65 Å². The van der Waals surface area contributed by atoms with Gasteiger partial charge in [-0.2, -0.15) is 5.10 Å². The number of carbonyl (C=O) groups is 1. The van der Waals surface area contributed by atoms with E-state index in [-0.39, 0.29) is 5.91 Å². The van der Waals surface area contributed by atoms with Crippen LogP contribution in [0.15, 0.2) is 30.3 Å². The van der Waals surface area contributed by atoms with Crippen LogP contribution in [0.5, 0.6) is 0 Å². The third-order valence-corrected chi connectivity index (χ3v) is 6.25. The Morgan fingerprint density at radius 2 is 1.78 bits per heavy atom. The molecule has 0 bridgehead atoms. The number of benzene rings is 1. The maximum atomic E-state index is 13.4. The lowest BCUT2D eigenvalue weighted by molar-refractivity contribution is 0.102. The molecule has 1 aliphatic rings. The maximum Gasteiger partial charge on any atom is 0.258 e. The van der Waals surface area contributed by atoms with Crippen LogP contribution in [0.25, 0.3) is 16.9 Å². The summed E-state index contributed by atoms with van der Waals surface area (Å²) in [5.74, 6) is 0.854. The molecular weight excluding hydrogens is 400 g/mol. The maximum absolute atomic E-state index is 13.4. The number of aryl methyl sites for hydroxylation is 5. The molecule has 4 heterocycles. The van der Waals surface area contributed by atoms with E-state index in [0.29, 0.717) is 11.1 Å². The average molecular weight is 429 g/mol. The largest absolute Gasteiger partial charge is 0.319 e. The summed E-state index contributed by atoms with van der Waals surface area (Å²) in [5.41, 5.74) is 7.45. The van der Waals surface area contributed by atoms with E-state index < -0.39 is 0 Å². The number of imidazole rings is 1. The predicted molar refractivity (Wildman–Crippen MR) is 126 cm³/mol. The quantitative estimate of drug-likeness (QED) is 0.507. The van der Waals surface area contributed by atoms with E-state index in [9.17, 15) is 4.79 Å². The monoisotopic (exact) mass is 428 g/mol. The molecule has 0 atom stereocenters. The Bertz CT molecular complexity index is 1330. The Balaban J connectivity index is 1.53. The zero-order valence-electron chi connectivity index (χ0n) is 19.1. The summed E-state index contributed by atoms with van der Waals surface area (Å²) in [6.07, 6.45) is 4.37. The molecule has 0 saturated heterocycles. The summed E-state index contributed by atoms with van der Waals surface area (Å²) in [5, 5.41) is 7.78. The highest BCUT2D eigenvalue weighted by atomic mass is 16.1. The fourth-order valence-electron chi connectivity index (χ4n) is 4.53. The second kappa shape index (κ2) is 7.89. The zero-order valence-corrected chi connectivity index (χ0v) is 19.1. The molecule has 7 nitrogen and oxygen atoms in total. The number of hydrogen-bond acceptors (Lipinski definition) is 4. The van der Waals surface area contributed by atoms with E-state index in [1.54, 1.807) is 0 Å². The molecule has 32 heavy (non-hydrogen) atoms. The Morgan fingerprint density at radius 1 is 1.00 bits per heavy atom. The van der Waals surface area contributed by atoms with E-state index in [2.05, 4.69) is 34.0 Å². The second-order valence-electron chi connectivity index (χ2n) is 8.72. The number of amides is 1. The number of aromatic nitrogens is 5. The van der Waals surface area contributed by atoms with E-state index in [1.165, 1.54) is 12.0 Å². The van der Waals surface area contributed by atoms with Gasteiger partial charge in [-0.15, -0.1) is 0 Å². The fraction of sp³-hybridized carbons (Fsp3) is 0.360. The number of carbonyl (C=O) groups excluding carboxylic acids is 1. The Hall–Kier alpha value is -3.48. The standard InChI is InChI=1S/C25H28N6O/c1-15-9-11-19(12-10-15)31-18(4)22(17(3)29-31)28-25(32)20-14-16(2)26-24-23(20)27-21-8-6-5-7-13-30(21)24/h9-12,14H,5-8,13H2,1-4H3,(H,28,32). The molecule has 0 radical (unpaired) electrons. The Labute approximate surface area is 187 Å². The van der Waals surface area contributed by atoms with Gasteiger partial charge in [0.25, 0.3) is 5.91 Å². The molecule has 0 saturated carbocycles. The van der Waals surface area contributed by atoms with E-state index >= 15 is 0 Å². The highest BCUT2D eigenvalue weighted by Crippen LogP contribution is 2.27. The molecule has 0 unspecified atom stereocenters. The van der Waals surface area contributed by atoms with Crippen LogP contribution in [0.4, 0.5) is 5.69 Å². The van der Waals surface area contributed by atoms with Gasteiger partial charge in [-0.1, -0.05) is 24.1 Å². The van der Waals surface area contributed by atoms with Crippen molar-refractivity contribution >= 4 is 22.8 Å². The van der Waals surface area contributed by atoms with E-state index in [4.69, 9.17) is 9.97 Å². The first-order valence-corrected chi connectivity index (χ1v) is 11.2. The SMILES string of the molecule is Cc1ccc(-n2nc(C)c(NC(=O)c3cc(C)nc4c3nc3n4CCCCC3)c2C)cc1. The molecular formula is C25H28N6O. The molecule has 1 aromatic carbocycles. The number of anilines is 1. The number of fused-ring (bicyclic) bond motifs is 3. The topological polar surface area (TPSA) is 77.6 Å². The van der Waals surface area contributed by atoms with Crippen molar-refractivity contribution in [2.75, 3.05) is 5.32 Å². The van der Waals surface area contributed by atoms with E-state index in [1.807, 2.05) is 43.7 Å².